The fourth-order valence-corrected chi connectivity index (χ4v) is 3.10. The molecule has 0 aromatic carbocycles. The van der Waals surface area contributed by atoms with E-state index in [4.69, 9.17) is 21.3 Å². The highest BCUT2D eigenvalue weighted by Gasteiger charge is 2.27. The molecule has 0 saturated carbocycles. The summed E-state index contributed by atoms with van der Waals surface area (Å²) < 4.78 is 6.83. The summed E-state index contributed by atoms with van der Waals surface area (Å²) in [7, 11) is 0. The van der Waals surface area contributed by atoms with Crippen LogP contribution in [0.4, 0.5) is 0 Å². The Morgan fingerprint density at radius 1 is 1.33 bits per heavy atom. The van der Waals surface area contributed by atoms with Crippen LogP contribution in [0.3, 0.4) is 0 Å². The molecule has 2 rings (SSSR count). The van der Waals surface area contributed by atoms with Crippen molar-refractivity contribution < 1.29 is 4.74 Å². The average molecular weight is 424 g/mol. The molecule has 0 amide bonds. The SMILES string of the molecule is CC(C)Cc1nc(C2CN(C(C)C)CCO2)nc(Cl)c1I. The highest BCUT2D eigenvalue weighted by atomic mass is 127. The van der Waals surface area contributed by atoms with Crippen LogP contribution >= 0.6 is 34.2 Å². The minimum atomic E-state index is -0.0819. The predicted octanol–water partition coefficient (Wildman–Crippen LogP) is 3.71. The van der Waals surface area contributed by atoms with Gasteiger partial charge in [-0.05, 0) is 48.8 Å². The van der Waals surface area contributed by atoms with Crippen LogP contribution in [0.25, 0.3) is 0 Å². The molecule has 1 aliphatic heterocycles. The van der Waals surface area contributed by atoms with E-state index in [2.05, 4.69) is 60.2 Å². The second-order valence-corrected chi connectivity index (χ2v) is 7.62. The van der Waals surface area contributed by atoms with Crippen LogP contribution < -0.4 is 0 Å². The Morgan fingerprint density at radius 2 is 2.05 bits per heavy atom. The average Bonchev–Trinajstić information content (AvgIpc) is 2.43. The molecule has 4 nitrogen and oxygen atoms in total. The molecule has 2 heterocycles. The Morgan fingerprint density at radius 3 is 2.67 bits per heavy atom. The maximum atomic E-state index is 6.29. The van der Waals surface area contributed by atoms with Crippen molar-refractivity contribution in [2.24, 2.45) is 5.92 Å². The molecule has 0 N–H and O–H groups in total. The number of ether oxygens (including phenoxy) is 1. The lowest BCUT2D eigenvalue weighted by Gasteiger charge is -2.34. The maximum Gasteiger partial charge on any atom is 0.160 e. The Balaban J connectivity index is 2.24. The molecule has 0 radical (unpaired) electrons. The third kappa shape index (κ3) is 4.50. The van der Waals surface area contributed by atoms with Gasteiger partial charge in [-0.25, -0.2) is 9.97 Å². The molecule has 0 aliphatic carbocycles. The van der Waals surface area contributed by atoms with Gasteiger partial charge in [-0.1, -0.05) is 25.4 Å². The summed E-state index contributed by atoms with van der Waals surface area (Å²) in [4.78, 5) is 11.6. The summed E-state index contributed by atoms with van der Waals surface area (Å²) in [5, 5.41) is 0.543. The monoisotopic (exact) mass is 423 g/mol. The summed E-state index contributed by atoms with van der Waals surface area (Å²) in [5.74, 6) is 1.26. The van der Waals surface area contributed by atoms with Gasteiger partial charge in [-0.2, -0.15) is 0 Å². The molecule has 1 aromatic rings. The highest BCUT2D eigenvalue weighted by molar-refractivity contribution is 14.1. The molecule has 1 atom stereocenters. The van der Waals surface area contributed by atoms with Gasteiger partial charge < -0.3 is 4.74 Å². The second kappa shape index (κ2) is 7.53. The fourth-order valence-electron chi connectivity index (χ4n) is 2.44. The molecule has 1 unspecified atom stereocenters. The lowest BCUT2D eigenvalue weighted by atomic mass is 10.1. The van der Waals surface area contributed by atoms with Crippen LogP contribution in [-0.2, 0) is 11.2 Å². The highest BCUT2D eigenvalue weighted by Crippen LogP contribution is 2.26. The van der Waals surface area contributed by atoms with Crippen LogP contribution in [0.1, 0.15) is 45.3 Å². The number of hydrogen-bond donors (Lipinski definition) is 0. The van der Waals surface area contributed by atoms with E-state index < -0.39 is 0 Å². The number of rotatable bonds is 4. The molecule has 1 fully saturated rings. The normalized spacial score (nSPS) is 20.5. The quantitative estimate of drug-likeness (QED) is 0.546. The molecular formula is C15H23ClIN3O. The first kappa shape index (κ1) is 17.4. The van der Waals surface area contributed by atoms with Crippen molar-refractivity contribution in [2.75, 3.05) is 19.7 Å². The molecule has 21 heavy (non-hydrogen) atoms. The smallest absolute Gasteiger partial charge is 0.160 e. The van der Waals surface area contributed by atoms with Crippen LogP contribution in [0, 0.1) is 9.49 Å². The Kier molecular flexibility index (Phi) is 6.23. The topological polar surface area (TPSA) is 38.2 Å². The molecule has 1 aliphatic rings. The van der Waals surface area contributed by atoms with E-state index >= 15 is 0 Å². The van der Waals surface area contributed by atoms with Crippen molar-refractivity contribution in [3.05, 3.63) is 20.2 Å². The number of aromatic nitrogens is 2. The van der Waals surface area contributed by atoms with E-state index in [9.17, 15) is 0 Å². The first-order chi connectivity index (χ1) is 9.88. The lowest BCUT2D eigenvalue weighted by molar-refractivity contribution is -0.0443. The van der Waals surface area contributed by atoms with Gasteiger partial charge in [0.05, 0.1) is 15.9 Å². The van der Waals surface area contributed by atoms with Crippen molar-refractivity contribution in [2.45, 2.75) is 46.3 Å². The van der Waals surface area contributed by atoms with Gasteiger partial charge in [0.1, 0.15) is 11.3 Å². The van der Waals surface area contributed by atoms with Gasteiger partial charge in [0, 0.05) is 19.1 Å². The summed E-state index contributed by atoms with van der Waals surface area (Å²) in [5.41, 5.74) is 1.03. The van der Waals surface area contributed by atoms with Crippen LogP contribution in [0.15, 0.2) is 0 Å². The number of nitrogens with zero attached hydrogens (tertiary/aromatic N) is 3. The maximum absolute atomic E-state index is 6.29. The molecule has 0 bridgehead atoms. The van der Waals surface area contributed by atoms with E-state index in [-0.39, 0.29) is 6.10 Å². The number of halogens is 2. The zero-order chi connectivity index (χ0) is 15.6. The zero-order valence-corrected chi connectivity index (χ0v) is 16.0. The first-order valence-corrected chi connectivity index (χ1v) is 8.91. The molecule has 1 saturated heterocycles. The van der Waals surface area contributed by atoms with E-state index in [1.54, 1.807) is 0 Å². The van der Waals surface area contributed by atoms with Gasteiger partial charge in [-0.3, -0.25) is 4.90 Å². The van der Waals surface area contributed by atoms with Gasteiger partial charge in [0.25, 0.3) is 0 Å². The van der Waals surface area contributed by atoms with Crippen molar-refractivity contribution >= 4 is 34.2 Å². The van der Waals surface area contributed by atoms with Crippen molar-refractivity contribution in [1.82, 2.24) is 14.9 Å². The Hall–Kier alpha value is 0.0200. The lowest BCUT2D eigenvalue weighted by Crippen LogP contribution is -2.42. The van der Waals surface area contributed by atoms with Crippen molar-refractivity contribution in [3.63, 3.8) is 0 Å². The Labute approximate surface area is 145 Å². The molecular weight excluding hydrogens is 401 g/mol. The van der Waals surface area contributed by atoms with Gasteiger partial charge >= 0.3 is 0 Å². The predicted molar refractivity (Wildman–Crippen MR) is 93.7 cm³/mol. The second-order valence-electron chi connectivity index (χ2n) is 6.18. The minimum absolute atomic E-state index is 0.0819. The van der Waals surface area contributed by atoms with Gasteiger partial charge in [-0.15, -0.1) is 0 Å². The third-order valence-corrected chi connectivity index (χ3v) is 5.34. The summed E-state index contributed by atoms with van der Waals surface area (Å²) in [6, 6.07) is 0.505. The van der Waals surface area contributed by atoms with Crippen LogP contribution in [0.2, 0.25) is 5.15 Å². The number of morpholine rings is 1. The van der Waals surface area contributed by atoms with E-state index in [0.717, 1.165) is 41.2 Å². The zero-order valence-electron chi connectivity index (χ0n) is 13.1. The Bertz CT molecular complexity index is 496. The molecule has 118 valence electrons. The molecule has 6 heteroatoms. The standard InChI is InChI=1S/C15H23ClIN3O/c1-9(2)7-11-13(17)14(16)19-15(18-11)12-8-20(10(3)4)5-6-21-12/h9-10,12H,5-8H2,1-4H3. The first-order valence-electron chi connectivity index (χ1n) is 7.46. The third-order valence-electron chi connectivity index (χ3n) is 3.61. The number of hydrogen-bond acceptors (Lipinski definition) is 4. The fraction of sp³-hybridized carbons (Fsp3) is 0.733. The minimum Gasteiger partial charge on any atom is -0.368 e. The van der Waals surface area contributed by atoms with E-state index in [1.165, 1.54) is 0 Å². The van der Waals surface area contributed by atoms with E-state index in [0.29, 0.717) is 17.1 Å². The summed E-state index contributed by atoms with van der Waals surface area (Å²) in [6.07, 6.45) is 0.829. The molecule has 0 spiro atoms. The van der Waals surface area contributed by atoms with Gasteiger partial charge in [0.2, 0.25) is 0 Å². The largest absolute Gasteiger partial charge is 0.368 e. The molecule has 1 aromatic heterocycles. The van der Waals surface area contributed by atoms with Crippen LogP contribution in [-0.4, -0.2) is 40.6 Å². The summed E-state index contributed by atoms with van der Waals surface area (Å²) in [6.45, 7) is 11.3. The van der Waals surface area contributed by atoms with E-state index in [1.807, 2.05) is 0 Å². The van der Waals surface area contributed by atoms with Gasteiger partial charge in [0.15, 0.2) is 5.82 Å². The van der Waals surface area contributed by atoms with Crippen LogP contribution in [0.5, 0.6) is 0 Å². The summed E-state index contributed by atoms with van der Waals surface area (Å²) >= 11 is 8.53. The van der Waals surface area contributed by atoms with Crippen molar-refractivity contribution in [3.8, 4) is 0 Å². The van der Waals surface area contributed by atoms with Crippen molar-refractivity contribution in [1.29, 1.82) is 0 Å².